The van der Waals surface area contributed by atoms with Gasteiger partial charge in [0.05, 0.1) is 12.1 Å². The Morgan fingerprint density at radius 2 is 1.96 bits per heavy atom. The fourth-order valence-corrected chi connectivity index (χ4v) is 3.51. The largest absolute Gasteiger partial charge is 0.370 e. The van der Waals surface area contributed by atoms with Crippen LogP contribution in [-0.2, 0) is 4.74 Å². The maximum absolute atomic E-state index is 13.5. The van der Waals surface area contributed by atoms with Crippen molar-refractivity contribution in [3.8, 4) is 0 Å². The van der Waals surface area contributed by atoms with Crippen molar-refractivity contribution >= 4 is 32.5 Å². The van der Waals surface area contributed by atoms with Crippen LogP contribution in [0.2, 0.25) is 0 Å². The molecule has 0 N–H and O–H groups in total. The van der Waals surface area contributed by atoms with Gasteiger partial charge < -0.3 is 9.64 Å². The Balaban J connectivity index is 1.66. The first-order chi connectivity index (χ1) is 12.1. The highest BCUT2D eigenvalue weighted by atomic mass is 79.9. The highest BCUT2D eigenvalue weighted by Gasteiger charge is 2.24. The number of hydrogen-bond acceptors (Lipinski definition) is 3. The molecule has 1 atom stereocenters. The Bertz CT molecular complexity index is 934. The summed E-state index contributed by atoms with van der Waals surface area (Å²) >= 11 is 3.47. The van der Waals surface area contributed by atoms with Crippen molar-refractivity contribution in [3.05, 3.63) is 70.3 Å². The first-order valence-corrected chi connectivity index (χ1v) is 8.77. The van der Waals surface area contributed by atoms with E-state index in [-0.39, 0.29) is 6.10 Å². The molecule has 0 bridgehead atoms. The molecule has 1 saturated heterocycles. The third kappa shape index (κ3) is 3.24. The van der Waals surface area contributed by atoms with Crippen LogP contribution in [-0.4, -0.2) is 24.7 Å². The summed E-state index contributed by atoms with van der Waals surface area (Å²) in [7, 11) is 0. The third-order valence-corrected chi connectivity index (χ3v) is 4.90. The van der Waals surface area contributed by atoms with E-state index in [0.717, 1.165) is 33.7 Å². The summed E-state index contributed by atoms with van der Waals surface area (Å²) in [5.41, 5.74) is 2.61. The second-order valence-corrected chi connectivity index (χ2v) is 6.89. The average Bonchev–Trinajstić information content (AvgIpc) is 2.63. The molecule has 1 aromatic heterocycles. The highest BCUT2D eigenvalue weighted by molar-refractivity contribution is 9.10. The summed E-state index contributed by atoms with van der Waals surface area (Å²) in [4.78, 5) is 6.62. The van der Waals surface area contributed by atoms with Crippen LogP contribution >= 0.6 is 15.9 Å². The van der Waals surface area contributed by atoms with E-state index in [1.165, 1.54) is 6.07 Å². The number of benzene rings is 2. The van der Waals surface area contributed by atoms with Crippen LogP contribution in [0, 0.1) is 11.6 Å². The zero-order valence-electron chi connectivity index (χ0n) is 13.3. The van der Waals surface area contributed by atoms with Gasteiger partial charge in [-0.15, -0.1) is 0 Å². The summed E-state index contributed by atoms with van der Waals surface area (Å²) < 4.78 is 33.5. The molecule has 6 heteroatoms. The number of rotatable bonds is 2. The number of nitrogens with zero attached hydrogens (tertiary/aromatic N) is 2. The molecule has 0 spiro atoms. The van der Waals surface area contributed by atoms with Crippen molar-refractivity contribution in [2.75, 3.05) is 24.6 Å². The van der Waals surface area contributed by atoms with Crippen LogP contribution in [0.4, 0.5) is 14.5 Å². The number of pyridine rings is 1. The summed E-state index contributed by atoms with van der Waals surface area (Å²) in [6.07, 6.45) is 1.48. The van der Waals surface area contributed by atoms with Gasteiger partial charge in [0.1, 0.15) is 6.10 Å². The van der Waals surface area contributed by atoms with E-state index in [9.17, 15) is 8.78 Å². The molecular weight excluding hydrogens is 390 g/mol. The average molecular weight is 405 g/mol. The number of anilines is 1. The molecule has 128 valence electrons. The van der Waals surface area contributed by atoms with E-state index in [1.54, 1.807) is 12.3 Å². The summed E-state index contributed by atoms with van der Waals surface area (Å²) in [5.74, 6) is -1.69. The van der Waals surface area contributed by atoms with Crippen molar-refractivity contribution in [3.63, 3.8) is 0 Å². The molecular formula is C19H15BrF2N2O. The fraction of sp³-hybridized carbons (Fsp3) is 0.211. The van der Waals surface area contributed by atoms with E-state index in [0.29, 0.717) is 18.7 Å². The lowest BCUT2D eigenvalue weighted by atomic mass is 10.1. The second-order valence-electron chi connectivity index (χ2n) is 5.97. The molecule has 2 heterocycles. The molecule has 4 rings (SSSR count). The summed E-state index contributed by atoms with van der Waals surface area (Å²) in [6, 6.07) is 11.9. The minimum atomic E-state index is -0.850. The van der Waals surface area contributed by atoms with Gasteiger partial charge in [0.2, 0.25) is 0 Å². The van der Waals surface area contributed by atoms with E-state index in [1.807, 2.05) is 24.3 Å². The first-order valence-electron chi connectivity index (χ1n) is 7.97. The Kier molecular flexibility index (Phi) is 4.39. The zero-order chi connectivity index (χ0) is 17.4. The van der Waals surface area contributed by atoms with Crippen LogP contribution in [0.3, 0.4) is 0 Å². The van der Waals surface area contributed by atoms with Gasteiger partial charge in [-0.05, 0) is 42.0 Å². The predicted molar refractivity (Wildman–Crippen MR) is 96.7 cm³/mol. The standard InChI is InChI=1S/C19H15BrF2N2O/c20-13-2-3-14-17(10-13)23-6-5-18(14)24-7-8-25-19(11-24)12-1-4-15(21)16(22)9-12/h1-6,9-10,19H,7-8,11H2. The SMILES string of the molecule is Fc1ccc(C2CN(c3ccnc4cc(Br)ccc34)CCO2)cc1F. The quantitative estimate of drug-likeness (QED) is 0.610. The summed E-state index contributed by atoms with van der Waals surface area (Å²) in [5, 5.41) is 1.05. The van der Waals surface area contributed by atoms with Crippen LogP contribution in [0.15, 0.2) is 53.1 Å². The molecule has 25 heavy (non-hydrogen) atoms. The van der Waals surface area contributed by atoms with Crippen molar-refractivity contribution in [1.29, 1.82) is 0 Å². The molecule has 3 aromatic rings. The maximum atomic E-state index is 13.5. The molecule has 1 aliphatic heterocycles. The van der Waals surface area contributed by atoms with Crippen molar-refractivity contribution in [2.24, 2.45) is 0 Å². The Hall–Kier alpha value is -2.05. The molecule has 3 nitrogen and oxygen atoms in total. The molecule has 1 fully saturated rings. The van der Waals surface area contributed by atoms with Crippen LogP contribution in [0.1, 0.15) is 11.7 Å². The number of fused-ring (bicyclic) bond motifs is 1. The smallest absolute Gasteiger partial charge is 0.159 e. The van der Waals surface area contributed by atoms with Gasteiger partial charge in [0, 0.05) is 34.8 Å². The lowest BCUT2D eigenvalue weighted by molar-refractivity contribution is 0.0396. The number of hydrogen-bond donors (Lipinski definition) is 0. The molecule has 0 radical (unpaired) electrons. The van der Waals surface area contributed by atoms with Gasteiger partial charge in [0.15, 0.2) is 11.6 Å². The molecule has 1 unspecified atom stereocenters. The number of halogens is 3. The van der Waals surface area contributed by atoms with Gasteiger partial charge in [-0.25, -0.2) is 8.78 Å². The van der Waals surface area contributed by atoms with Crippen molar-refractivity contribution in [2.45, 2.75) is 6.10 Å². The van der Waals surface area contributed by atoms with Gasteiger partial charge >= 0.3 is 0 Å². The Morgan fingerprint density at radius 1 is 1.08 bits per heavy atom. The molecule has 1 aliphatic rings. The lowest BCUT2D eigenvalue weighted by Crippen LogP contribution is -2.38. The van der Waals surface area contributed by atoms with Crippen molar-refractivity contribution < 1.29 is 13.5 Å². The zero-order valence-corrected chi connectivity index (χ0v) is 14.8. The second kappa shape index (κ2) is 6.69. The van der Waals surface area contributed by atoms with E-state index < -0.39 is 11.6 Å². The number of aromatic nitrogens is 1. The topological polar surface area (TPSA) is 25.4 Å². The van der Waals surface area contributed by atoms with Crippen LogP contribution in [0.25, 0.3) is 10.9 Å². The van der Waals surface area contributed by atoms with Crippen molar-refractivity contribution in [1.82, 2.24) is 4.98 Å². The van der Waals surface area contributed by atoms with Gasteiger partial charge in [-0.2, -0.15) is 0 Å². The van der Waals surface area contributed by atoms with Gasteiger partial charge in [-0.3, -0.25) is 4.98 Å². The first kappa shape index (κ1) is 16.4. The molecule has 0 amide bonds. The van der Waals surface area contributed by atoms with E-state index >= 15 is 0 Å². The molecule has 0 aliphatic carbocycles. The highest BCUT2D eigenvalue weighted by Crippen LogP contribution is 2.32. The van der Waals surface area contributed by atoms with E-state index in [2.05, 4.69) is 25.8 Å². The molecule has 2 aromatic carbocycles. The number of ether oxygens (including phenoxy) is 1. The van der Waals surface area contributed by atoms with Gasteiger partial charge in [-0.1, -0.05) is 22.0 Å². The lowest BCUT2D eigenvalue weighted by Gasteiger charge is -2.35. The minimum absolute atomic E-state index is 0.303. The maximum Gasteiger partial charge on any atom is 0.159 e. The monoisotopic (exact) mass is 404 g/mol. The van der Waals surface area contributed by atoms with E-state index in [4.69, 9.17) is 4.74 Å². The predicted octanol–water partition coefficient (Wildman–Crippen LogP) is 4.85. The Labute approximate surface area is 152 Å². The van der Waals surface area contributed by atoms with Crippen LogP contribution < -0.4 is 4.90 Å². The molecule has 0 saturated carbocycles. The fourth-order valence-electron chi connectivity index (χ4n) is 3.16. The third-order valence-electron chi connectivity index (χ3n) is 4.40. The normalized spacial score (nSPS) is 17.9. The van der Waals surface area contributed by atoms with Crippen LogP contribution in [0.5, 0.6) is 0 Å². The van der Waals surface area contributed by atoms with Gasteiger partial charge in [0.25, 0.3) is 0 Å². The Morgan fingerprint density at radius 3 is 2.80 bits per heavy atom. The number of morpholine rings is 1. The minimum Gasteiger partial charge on any atom is -0.370 e. The summed E-state index contributed by atoms with van der Waals surface area (Å²) in [6.45, 7) is 1.82.